The van der Waals surface area contributed by atoms with E-state index in [0.717, 1.165) is 0 Å². The van der Waals surface area contributed by atoms with Crippen LogP contribution in [0.25, 0.3) is 0 Å². The average Bonchev–Trinajstić information content (AvgIpc) is 1.59. The Bertz CT molecular complexity index is 75.3. The van der Waals surface area contributed by atoms with Crippen molar-refractivity contribution in [2.75, 3.05) is 0 Å². The normalized spacial score (nSPS) is 21.0. The molecule has 3 nitrogen and oxygen atoms in total. The van der Waals surface area contributed by atoms with Crippen LogP contribution in [0, 0.1) is 0 Å². The largest absolute Gasteiger partial charge is 0.612 e. The summed E-state index contributed by atoms with van der Waals surface area (Å²) in [5, 5.41) is 0. The predicted molar refractivity (Wildman–Crippen MR) is 38.1 cm³/mol. The molecular weight excluding hydrogens is 165 g/mol. The van der Waals surface area contributed by atoms with Gasteiger partial charge in [0.05, 0.1) is 0 Å². The number of hydrogen-bond donors (Lipinski definition) is 0. The average molecular weight is 174 g/mol. The molecule has 9 heavy (non-hydrogen) atoms. The van der Waals surface area contributed by atoms with Crippen LogP contribution in [0.4, 0.5) is 0 Å². The van der Waals surface area contributed by atoms with Crippen molar-refractivity contribution in [2.24, 2.45) is 0 Å². The summed E-state index contributed by atoms with van der Waals surface area (Å²) in [6.07, 6.45) is 0. The zero-order chi connectivity index (χ0) is 6.85. The molecule has 0 amide bonds. The second-order valence-electron chi connectivity index (χ2n) is 2.11. The van der Waals surface area contributed by atoms with Crippen LogP contribution in [-0.4, -0.2) is 44.4 Å². The van der Waals surface area contributed by atoms with Crippen LogP contribution in [0.15, 0.2) is 0 Å². The van der Waals surface area contributed by atoms with E-state index in [1.807, 2.05) is 0 Å². The zero-order valence-corrected chi connectivity index (χ0v) is 9.42. The highest BCUT2D eigenvalue weighted by Crippen LogP contribution is 2.06. The molecule has 1 fully saturated rings. The summed E-state index contributed by atoms with van der Waals surface area (Å²) in [6, 6.07) is 0. The van der Waals surface area contributed by atoms with Gasteiger partial charge in [-0.1, -0.05) is 17.4 Å². The van der Waals surface area contributed by atoms with E-state index < -0.39 is 44.4 Å². The van der Waals surface area contributed by atoms with E-state index in [4.69, 9.17) is 8.52 Å². The van der Waals surface area contributed by atoms with Crippen molar-refractivity contribution in [1.29, 1.82) is 0 Å². The van der Waals surface area contributed by atoms with E-state index in [2.05, 4.69) is 17.4 Å². The van der Waals surface area contributed by atoms with Gasteiger partial charge >= 0.3 is 44.4 Å². The van der Waals surface area contributed by atoms with Crippen LogP contribution < -0.4 is 0 Å². The van der Waals surface area contributed by atoms with Gasteiger partial charge in [-0.15, -0.1) is 0 Å². The fourth-order valence-electron chi connectivity index (χ4n) is 0.906. The molecule has 0 aromatic rings. The van der Waals surface area contributed by atoms with E-state index in [-0.39, 0.29) is 0 Å². The summed E-state index contributed by atoms with van der Waals surface area (Å²) in [5.41, 5.74) is 0. The summed E-state index contributed by atoms with van der Waals surface area (Å²) < 4.78 is 16.3. The third-order valence-corrected chi connectivity index (χ3v) is 10.3. The highest BCUT2D eigenvalue weighted by Gasteiger charge is 2.38. The standard InChI is InChI=1S/3CH3.3Al.3O/h3*1H3;;;;;;. The quantitative estimate of drug-likeness (QED) is 0.497. The Morgan fingerprint density at radius 1 is 0.667 bits per heavy atom. The highest BCUT2D eigenvalue weighted by molar-refractivity contribution is 6.72. The minimum Gasteiger partial charge on any atom is -0.594 e. The molecule has 0 aromatic carbocycles. The fourth-order valence-corrected chi connectivity index (χ4v) is 9.88. The molecule has 0 spiro atoms. The molecule has 1 heterocycles. The lowest BCUT2D eigenvalue weighted by Gasteiger charge is -2.25. The van der Waals surface area contributed by atoms with E-state index in [9.17, 15) is 0 Å². The van der Waals surface area contributed by atoms with Crippen LogP contribution in [0.5, 0.6) is 0 Å². The first-order valence-electron chi connectivity index (χ1n) is 3.15. The lowest BCUT2D eigenvalue weighted by molar-refractivity contribution is 0.294. The Morgan fingerprint density at radius 3 is 1.11 bits per heavy atom. The molecule has 0 bridgehead atoms. The first-order valence-corrected chi connectivity index (χ1v) is 9.44. The molecule has 0 N–H and O–H groups in total. The Kier molecular flexibility index (Phi) is 3.57. The molecule has 0 atom stereocenters. The van der Waals surface area contributed by atoms with Crippen LogP contribution in [0.1, 0.15) is 0 Å². The Morgan fingerprint density at radius 2 is 0.889 bits per heavy atom. The van der Waals surface area contributed by atoms with E-state index in [1.54, 1.807) is 0 Å². The van der Waals surface area contributed by atoms with Crippen molar-refractivity contribution in [3.05, 3.63) is 0 Å². The second-order valence-corrected chi connectivity index (χ2v) is 8.78. The lowest BCUT2D eigenvalue weighted by Crippen LogP contribution is -2.44. The van der Waals surface area contributed by atoms with Crippen molar-refractivity contribution >= 4 is 44.4 Å². The molecule has 1 saturated heterocycles. The topological polar surface area (TPSA) is 27.7 Å². The van der Waals surface area contributed by atoms with Crippen LogP contribution in [0.3, 0.4) is 0 Å². The molecule has 0 aromatic heterocycles. The van der Waals surface area contributed by atoms with Crippen LogP contribution in [-0.2, 0) is 8.52 Å². The molecule has 1 rings (SSSR count). The van der Waals surface area contributed by atoms with Crippen LogP contribution in [0.2, 0.25) is 17.4 Å². The SMILES string of the molecule is [CH3][Al]1[O][Al]([CH3])[O][Al]([CH3])[O]1. The van der Waals surface area contributed by atoms with Crippen molar-refractivity contribution in [1.82, 2.24) is 0 Å². The van der Waals surface area contributed by atoms with Gasteiger partial charge < -0.3 is 8.52 Å². The molecule has 48 valence electrons. The minimum atomic E-state index is -1.21. The van der Waals surface area contributed by atoms with Gasteiger partial charge in [-0.25, -0.2) is 0 Å². The smallest absolute Gasteiger partial charge is 0.594 e. The first kappa shape index (κ1) is 8.57. The molecule has 0 saturated carbocycles. The Labute approximate surface area is 70.1 Å². The predicted octanol–water partition coefficient (Wildman–Crippen LogP) is 0.404. The third kappa shape index (κ3) is 2.92. The molecule has 1 aliphatic heterocycles. The monoisotopic (exact) mass is 174 g/mol. The van der Waals surface area contributed by atoms with E-state index in [1.165, 1.54) is 0 Å². The Hall–Kier alpha value is 1.48. The Balaban J connectivity index is 2.34. The maximum absolute atomic E-state index is 5.42. The van der Waals surface area contributed by atoms with E-state index >= 15 is 0 Å². The molecule has 1 aliphatic rings. The summed E-state index contributed by atoms with van der Waals surface area (Å²) >= 11 is -3.64. The summed E-state index contributed by atoms with van der Waals surface area (Å²) in [7, 11) is 0. The van der Waals surface area contributed by atoms with Crippen molar-refractivity contribution in [3.63, 3.8) is 0 Å². The second kappa shape index (κ2) is 3.75. The summed E-state index contributed by atoms with van der Waals surface area (Å²) in [6.45, 7) is 0. The van der Waals surface area contributed by atoms with Gasteiger partial charge in [0.2, 0.25) is 0 Å². The highest BCUT2D eigenvalue weighted by atomic mass is 27.4. The zero-order valence-electron chi connectivity index (χ0n) is 5.96. The maximum Gasteiger partial charge on any atom is 0.612 e. The van der Waals surface area contributed by atoms with Gasteiger partial charge in [-0.3, -0.25) is 0 Å². The molecule has 6 heteroatoms. The maximum atomic E-state index is 5.42. The lowest BCUT2D eigenvalue weighted by atomic mass is 11.9. The molecule has 0 aliphatic carbocycles. The molecule has 0 radical (unpaired) electrons. The number of hydrogen-bond acceptors (Lipinski definition) is 3. The van der Waals surface area contributed by atoms with E-state index in [0.29, 0.717) is 0 Å². The first-order chi connectivity index (χ1) is 4.18. The van der Waals surface area contributed by atoms with Gasteiger partial charge in [-0.2, -0.15) is 0 Å². The minimum absolute atomic E-state index is 1.21. The summed E-state index contributed by atoms with van der Waals surface area (Å²) in [5.74, 6) is 6.20. The molecule has 0 unspecified atom stereocenters. The van der Waals surface area contributed by atoms with Crippen LogP contribution >= 0.6 is 0 Å². The van der Waals surface area contributed by atoms with Crippen molar-refractivity contribution in [2.45, 2.75) is 17.4 Å². The summed E-state index contributed by atoms with van der Waals surface area (Å²) in [4.78, 5) is 0. The third-order valence-electron chi connectivity index (χ3n) is 1.15. The van der Waals surface area contributed by atoms with Gasteiger partial charge in [0, 0.05) is 0 Å². The van der Waals surface area contributed by atoms with Crippen molar-refractivity contribution < 1.29 is 8.52 Å². The van der Waals surface area contributed by atoms with Gasteiger partial charge in [-0.05, 0) is 0 Å². The number of rotatable bonds is 0. The van der Waals surface area contributed by atoms with Crippen molar-refractivity contribution in [3.8, 4) is 0 Å². The fraction of sp³-hybridized carbons (Fsp3) is 1.00. The molecular formula is C3H9Al3O3. The van der Waals surface area contributed by atoms with Gasteiger partial charge in [0.1, 0.15) is 0 Å². The van der Waals surface area contributed by atoms with Gasteiger partial charge in [0.15, 0.2) is 0 Å². The van der Waals surface area contributed by atoms with Gasteiger partial charge in [0.25, 0.3) is 0 Å².